The number of fused-ring (bicyclic) bond motifs is 1. The van der Waals surface area contributed by atoms with Crippen LogP contribution in [0.15, 0.2) is 48.7 Å². The summed E-state index contributed by atoms with van der Waals surface area (Å²) in [5, 5.41) is 13.2. The van der Waals surface area contributed by atoms with Gasteiger partial charge in [0.25, 0.3) is 0 Å². The number of phenolic OH excluding ortho intramolecular Hbond substituents is 1. The van der Waals surface area contributed by atoms with Gasteiger partial charge in [0, 0.05) is 25.4 Å². The molecule has 0 saturated heterocycles. The summed E-state index contributed by atoms with van der Waals surface area (Å²) >= 11 is 0. The van der Waals surface area contributed by atoms with Gasteiger partial charge in [0.15, 0.2) is 11.5 Å². The number of halogens is 1. The molecule has 2 atom stereocenters. The number of allylic oxidation sites excluding steroid dienone is 1. The average molecular weight is 465 g/mol. The molecule has 6 nitrogen and oxygen atoms in total. The third-order valence-corrected chi connectivity index (χ3v) is 6.57. The lowest BCUT2D eigenvalue weighted by atomic mass is 9.88. The van der Waals surface area contributed by atoms with Gasteiger partial charge >= 0.3 is 0 Å². The number of amides is 1. The van der Waals surface area contributed by atoms with Crippen LogP contribution < -0.4 is 14.8 Å². The maximum Gasteiger partial charge on any atom is 0.220 e. The first-order valence-corrected chi connectivity index (χ1v) is 11.2. The third-order valence-electron chi connectivity index (χ3n) is 6.57. The highest BCUT2D eigenvalue weighted by molar-refractivity contribution is 5.89. The fourth-order valence-electron chi connectivity index (χ4n) is 4.65. The number of methoxy groups -OCH3 is 2. The first kappa shape index (κ1) is 23.4. The van der Waals surface area contributed by atoms with Crippen molar-refractivity contribution in [1.82, 2.24) is 9.88 Å². The van der Waals surface area contributed by atoms with Crippen molar-refractivity contribution in [1.29, 1.82) is 0 Å². The van der Waals surface area contributed by atoms with Gasteiger partial charge in [-0.1, -0.05) is 19.1 Å². The van der Waals surface area contributed by atoms with Crippen LogP contribution in [0, 0.1) is 11.7 Å². The normalized spacial score (nSPS) is 18.1. The van der Waals surface area contributed by atoms with Crippen molar-refractivity contribution >= 4 is 17.6 Å². The Bertz CT molecular complexity index is 1220. The molecule has 0 aliphatic heterocycles. The second-order valence-electron chi connectivity index (χ2n) is 8.59. The molecule has 2 unspecified atom stereocenters. The van der Waals surface area contributed by atoms with Gasteiger partial charge in [-0.25, -0.2) is 4.39 Å². The minimum absolute atomic E-state index is 0.0246. The molecule has 4 rings (SSSR count). The van der Waals surface area contributed by atoms with Crippen LogP contribution in [-0.4, -0.2) is 29.8 Å². The van der Waals surface area contributed by atoms with Crippen LogP contribution in [0.25, 0.3) is 11.6 Å². The summed E-state index contributed by atoms with van der Waals surface area (Å²) in [6, 6.07) is 12.1. The number of phenols is 1. The molecule has 178 valence electrons. The minimum atomic E-state index is -0.325. The maximum absolute atomic E-state index is 14.2. The summed E-state index contributed by atoms with van der Waals surface area (Å²) in [5.41, 5.74) is 4.52. The first-order chi connectivity index (χ1) is 16.3. The summed E-state index contributed by atoms with van der Waals surface area (Å²) in [6.07, 6.45) is 4.17. The largest absolute Gasteiger partial charge is 0.502 e. The number of aromatic nitrogens is 1. The fraction of sp³-hybridized carbons (Fsp3) is 0.296. The Morgan fingerprint density at radius 1 is 1.18 bits per heavy atom. The van der Waals surface area contributed by atoms with E-state index in [-0.39, 0.29) is 35.7 Å². The molecule has 0 saturated carbocycles. The van der Waals surface area contributed by atoms with E-state index in [9.17, 15) is 14.3 Å². The van der Waals surface area contributed by atoms with E-state index in [0.29, 0.717) is 18.0 Å². The molecule has 0 bridgehead atoms. The summed E-state index contributed by atoms with van der Waals surface area (Å²) < 4.78 is 26.7. The zero-order chi connectivity index (χ0) is 24.4. The van der Waals surface area contributed by atoms with Crippen LogP contribution in [0.2, 0.25) is 0 Å². The molecule has 0 fully saturated rings. The Morgan fingerprint density at radius 2 is 1.88 bits per heavy atom. The highest BCUT2D eigenvalue weighted by Gasteiger charge is 2.35. The van der Waals surface area contributed by atoms with E-state index in [0.717, 1.165) is 28.0 Å². The fourth-order valence-corrected chi connectivity index (χ4v) is 4.65. The van der Waals surface area contributed by atoms with E-state index in [4.69, 9.17) is 9.47 Å². The molecule has 1 aromatic heterocycles. The van der Waals surface area contributed by atoms with Crippen molar-refractivity contribution in [2.45, 2.75) is 25.8 Å². The van der Waals surface area contributed by atoms with Gasteiger partial charge in [0.05, 0.1) is 20.8 Å². The zero-order valence-corrected chi connectivity index (χ0v) is 19.8. The molecular weight excluding hydrogens is 435 g/mol. The number of nitrogens with zero attached hydrogens (tertiary/aromatic N) is 1. The van der Waals surface area contributed by atoms with Crippen molar-refractivity contribution < 1.29 is 23.8 Å². The van der Waals surface area contributed by atoms with Crippen LogP contribution in [0.3, 0.4) is 0 Å². The molecule has 1 heterocycles. The van der Waals surface area contributed by atoms with Gasteiger partial charge in [0.2, 0.25) is 11.7 Å². The third kappa shape index (κ3) is 4.51. The van der Waals surface area contributed by atoms with Crippen molar-refractivity contribution in [2.24, 2.45) is 13.0 Å². The first-order valence-electron chi connectivity index (χ1n) is 11.2. The van der Waals surface area contributed by atoms with E-state index in [2.05, 4.69) is 5.32 Å². The number of hydrogen-bond acceptors (Lipinski definition) is 4. The van der Waals surface area contributed by atoms with Gasteiger partial charge in [-0.3, -0.25) is 4.79 Å². The molecule has 0 spiro atoms. The highest BCUT2D eigenvalue weighted by Crippen LogP contribution is 2.49. The van der Waals surface area contributed by atoms with Gasteiger partial charge in [-0.05, 0) is 70.5 Å². The predicted octanol–water partition coefficient (Wildman–Crippen LogP) is 4.87. The molecule has 34 heavy (non-hydrogen) atoms. The number of carbonyl (C=O) groups excluding carboxylic acids is 1. The van der Waals surface area contributed by atoms with Crippen LogP contribution in [0.1, 0.15) is 41.6 Å². The SMILES string of the molecule is COc1cc(/C=C2\c3ccc(F)cc3C(CC(=O)NCc3cccn3C)C2C)cc(OC)c1O. The Balaban J connectivity index is 1.63. The second-order valence-corrected chi connectivity index (χ2v) is 8.59. The molecule has 2 N–H and O–H groups in total. The quantitative estimate of drug-likeness (QED) is 0.523. The summed E-state index contributed by atoms with van der Waals surface area (Å²) in [7, 11) is 4.89. The van der Waals surface area contributed by atoms with Gasteiger partial charge in [-0.15, -0.1) is 0 Å². The maximum atomic E-state index is 14.2. The lowest BCUT2D eigenvalue weighted by Gasteiger charge is -2.17. The smallest absolute Gasteiger partial charge is 0.220 e. The zero-order valence-electron chi connectivity index (χ0n) is 19.8. The molecule has 1 aliphatic rings. The minimum Gasteiger partial charge on any atom is -0.502 e. The number of aromatic hydroxyl groups is 1. The van der Waals surface area contributed by atoms with E-state index in [1.54, 1.807) is 18.2 Å². The lowest BCUT2D eigenvalue weighted by Crippen LogP contribution is -2.26. The Morgan fingerprint density at radius 3 is 2.50 bits per heavy atom. The van der Waals surface area contributed by atoms with E-state index >= 15 is 0 Å². The molecule has 2 aromatic carbocycles. The van der Waals surface area contributed by atoms with Crippen LogP contribution >= 0.6 is 0 Å². The van der Waals surface area contributed by atoms with Crippen molar-refractivity contribution in [3.05, 3.63) is 76.9 Å². The standard InChI is InChI=1S/C27H29FN2O4/c1-16-21(10-17-11-24(33-3)27(32)25(12-17)34-4)20-8-7-18(28)13-23(20)22(16)14-26(31)29-15-19-6-5-9-30(19)2/h5-13,16,22,32H,14-15H2,1-4H3,(H,29,31)/b21-10-. The van der Waals surface area contributed by atoms with Gasteiger partial charge in [-0.2, -0.15) is 0 Å². The van der Waals surface area contributed by atoms with E-state index < -0.39 is 0 Å². The Kier molecular flexibility index (Phi) is 6.63. The summed E-state index contributed by atoms with van der Waals surface area (Å²) in [5.74, 6) is -0.0612. The summed E-state index contributed by atoms with van der Waals surface area (Å²) in [6.45, 7) is 2.49. The monoisotopic (exact) mass is 464 g/mol. The molecule has 0 radical (unpaired) electrons. The van der Waals surface area contributed by atoms with Crippen molar-refractivity contribution in [3.8, 4) is 17.2 Å². The molecular formula is C27H29FN2O4. The highest BCUT2D eigenvalue weighted by atomic mass is 19.1. The topological polar surface area (TPSA) is 72.7 Å². The average Bonchev–Trinajstić information content (AvgIpc) is 3.34. The van der Waals surface area contributed by atoms with Crippen LogP contribution in [-0.2, 0) is 18.4 Å². The number of benzene rings is 2. The summed E-state index contributed by atoms with van der Waals surface area (Å²) in [4.78, 5) is 12.8. The number of nitrogens with one attached hydrogen (secondary N) is 1. The number of carbonyl (C=O) groups is 1. The van der Waals surface area contributed by atoms with E-state index in [1.807, 2.05) is 42.9 Å². The van der Waals surface area contributed by atoms with Crippen LogP contribution in [0.5, 0.6) is 17.2 Å². The van der Waals surface area contributed by atoms with Crippen molar-refractivity contribution in [2.75, 3.05) is 14.2 Å². The van der Waals surface area contributed by atoms with Crippen molar-refractivity contribution in [3.63, 3.8) is 0 Å². The number of ether oxygens (including phenoxy) is 2. The van der Waals surface area contributed by atoms with Crippen LogP contribution in [0.4, 0.5) is 4.39 Å². The Hall–Kier alpha value is -3.74. The molecule has 3 aromatic rings. The Labute approximate surface area is 198 Å². The second kappa shape index (κ2) is 9.63. The lowest BCUT2D eigenvalue weighted by molar-refractivity contribution is -0.121. The molecule has 1 amide bonds. The van der Waals surface area contributed by atoms with E-state index in [1.165, 1.54) is 26.4 Å². The predicted molar refractivity (Wildman–Crippen MR) is 129 cm³/mol. The molecule has 1 aliphatic carbocycles. The van der Waals surface area contributed by atoms with Gasteiger partial charge in [0.1, 0.15) is 5.82 Å². The molecule has 7 heteroatoms. The number of rotatable bonds is 7. The number of hydrogen-bond donors (Lipinski definition) is 2. The van der Waals surface area contributed by atoms with Gasteiger partial charge < -0.3 is 24.5 Å². The number of aryl methyl sites for hydroxylation is 1.